The standard InChI is InChI=1S/C12H15F2NO2/c1-3-7(4-2)15-11-6-10(14)9(13)5-8(11)12(16)17/h5-7,15H,3-4H2,1-2H3,(H,16,17). The maximum absolute atomic E-state index is 13.1. The average molecular weight is 243 g/mol. The third kappa shape index (κ3) is 3.15. The van der Waals surface area contributed by atoms with Crippen molar-refractivity contribution in [3.05, 3.63) is 29.3 Å². The van der Waals surface area contributed by atoms with Crippen LogP contribution >= 0.6 is 0 Å². The van der Waals surface area contributed by atoms with Gasteiger partial charge in [-0.1, -0.05) is 13.8 Å². The van der Waals surface area contributed by atoms with Crippen molar-refractivity contribution < 1.29 is 18.7 Å². The van der Waals surface area contributed by atoms with E-state index in [0.717, 1.165) is 18.9 Å². The normalized spacial score (nSPS) is 10.6. The molecule has 0 unspecified atom stereocenters. The Morgan fingerprint density at radius 1 is 1.29 bits per heavy atom. The molecule has 0 amide bonds. The molecule has 0 saturated carbocycles. The fraction of sp³-hybridized carbons (Fsp3) is 0.417. The molecule has 0 fully saturated rings. The highest BCUT2D eigenvalue weighted by Gasteiger charge is 2.16. The van der Waals surface area contributed by atoms with E-state index in [1.54, 1.807) is 0 Å². The van der Waals surface area contributed by atoms with E-state index in [4.69, 9.17) is 5.11 Å². The summed E-state index contributed by atoms with van der Waals surface area (Å²) in [5.74, 6) is -3.49. The minimum Gasteiger partial charge on any atom is -0.478 e. The first-order valence-electron chi connectivity index (χ1n) is 5.48. The Bertz CT molecular complexity index is 417. The van der Waals surface area contributed by atoms with E-state index >= 15 is 0 Å². The number of hydrogen-bond donors (Lipinski definition) is 2. The molecule has 1 aromatic rings. The number of anilines is 1. The van der Waals surface area contributed by atoms with Crippen LogP contribution in [-0.4, -0.2) is 17.1 Å². The van der Waals surface area contributed by atoms with Crippen molar-refractivity contribution >= 4 is 11.7 Å². The Hall–Kier alpha value is -1.65. The summed E-state index contributed by atoms with van der Waals surface area (Å²) in [6.45, 7) is 3.86. The van der Waals surface area contributed by atoms with Crippen molar-refractivity contribution in [2.24, 2.45) is 0 Å². The molecule has 2 N–H and O–H groups in total. The highest BCUT2D eigenvalue weighted by atomic mass is 19.2. The molecule has 1 rings (SSSR count). The van der Waals surface area contributed by atoms with E-state index in [0.29, 0.717) is 6.07 Å². The third-order valence-electron chi connectivity index (χ3n) is 2.64. The van der Waals surface area contributed by atoms with Crippen molar-refractivity contribution in [3.63, 3.8) is 0 Å². The third-order valence-corrected chi connectivity index (χ3v) is 2.64. The fourth-order valence-corrected chi connectivity index (χ4v) is 1.56. The SMILES string of the molecule is CCC(CC)Nc1cc(F)c(F)cc1C(=O)O. The van der Waals surface area contributed by atoms with Gasteiger partial charge in [0.2, 0.25) is 0 Å². The lowest BCUT2D eigenvalue weighted by Gasteiger charge is -2.18. The number of carbonyl (C=O) groups is 1. The maximum Gasteiger partial charge on any atom is 0.337 e. The second kappa shape index (κ2) is 5.61. The van der Waals surface area contributed by atoms with Crippen LogP contribution in [0, 0.1) is 11.6 Å². The number of rotatable bonds is 5. The van der Waals surface area contributed by atoms with Gasteiger partial charge in [-0.15, -0.1) is 0 Å². The molecule has 0 aliphatic rings. The van der Waals surface area contributed by atoms with Gasteiger partial charge in [-0.3, -0.25) is 0 Å². The van der Waals surface area contributed by atoms with Crippen LogP contribution in [0.3, 0.4) is 0 Å². The molecule has 0 bridgehead atoms. The molecule has 0 aliphatic carbocycles. The average Bonchev–Trinajstić information content (AvgIpc) is 2.29. The molecule has 0 atom stereocenters. The van der Waals surface area contributed by atoms with Crippen LogP contribution in [0.5, 0.6) is 0 Å². The maximum atomic E-state index is 13.1. The van der Waals surface area contributed by atoms with Gasteiger partial charge in [-0.2, -0.15) is 0 Å². The zero-order valence-electron chi connectivity index (χ0n) is 9.76. The van der Waals surface area contributed by atoms with Crippen LogP contribution in [-0.2, 0) is 0 Å². The Balaban J connectivity index is 3.12. The summed E-state index contributed by atoms with van der Waals surface area (Å²) in [5.41, 5.74) is -0.138. The lowest BCUT2D eigenvalue weighted by molar-refractivity contribution is 0.0697. The van der Waals surface area contributed by atoms with Crippen LogP contribution in [0.4, 0.5) is 14.5 Å². The van der Waals surface area contributed by atoms with Crippen molar-refractivity contribution in [1.29, 1.82) is 0 Å². The molecule has 94 valence electrons. The minimum atomic E-state index is -1.28. The highest BCUT2D eigenvalue weighted by molar-refractivity contribution is 5.94. The number of benzene rings is 1. The number of carboxylic acids is 1. The van der Waals surface area contributed by atoms with E-state index in [9.17, 15) is 13.6 Å². The topological polar surface area (TPSA) is 49.3 Å². The molecule has 0 spiro atoms. The zero-order chi connectivity index (χ0) is 13.0. The van der Waals surface area contributed by atoms with E-state index in [1.165, 1.54) is 0 Å². The van der Waals surface area contributed by atoms with Gasteiger partial charge in [0.1, 0.15) is 0 Å². The van der Waals surface area contributed by atoms with Gasteiger partial charge < -0.3 is 10.4 Å². The zero-order valence-corrected chi connectivity index (χ0v) is 9.76. The smallest absolute Gasteiger partial charge is 0.337 e. The molecular weight excluding hydrogens is 228 g/mol. The minimum absolute atomic E-state index is 0.0398. The largest absolute Gasteiger partial charge is 0.478 e. The Morgan fingerprint density at radius 2 is 1.82 bits per heavy atom. The molecule has 5 heteroatoms. The summed E-state index contributed by atoms with van der Waals surface area (Å²) in [7, 11) is 0. The molecule has 0 aliphatic heterocycles. The summed E-state index contributed by atoms with van der Waals surface area (Å²) < 4.78 is 26.0. The van der Waals surface area contributed by atoms with Crippen molar-refractivity contribution in [2.75, 3.05) is 5.32 Å². The van der Waals surface area contributed by atoms with Crippen molar-refractivity contribution in [1.82, 2.24) is 0 Å². The molecule has 0 heterocycles. The molecular formula is C12H15F2NO2. The van der Waals surface area contributed by atoms with Gasteiger partial charge in [0, 0.05) is 12.1 Å². The van der Waals surface area contributed by atoms with Crippen LogP contribution < -0.4 is 5.32 Å². The van der Waals surface area contributed by atoms with Gasteiger partial charge >= 0.3 is 5.97 Å². The Morgan fingerprint density at radius 3 is 2.29 bits per heavy atom. The van der Waals surface area contributed by atoms with Crippen LogP contribution in [0.1, 0.15) is 37.0 Å². The number of hydrogen-bond acceptors (Lipinski definition) is 2. The van der Waals surface area contributed by atoms with Gasteiger partial charge in [0.15, 0.2) is 11.6 Å². The van der Waals surface area contributed by atoms with Crippen LogP contribution in [0.25, 0.3) is 0 Å². The van der Waals surface area contributed by atoms with Crippen LogP contribution in [0.15, 0.2) is 12.1 Å². The summed E-state index contributed by atoms with van der Waals surface area (Å²) in [6.07, 6.45) is 1.54. The van der Waals surface area contributed by atoms with Crippen LogP contribution in [0.2, 0.25) is 0 Å². The first-order valence-corrected chi connectivity index (χ1v) is 5.48. The van der Waals surface area contributed by atoms with E-state index in [-0.39, 0.29) is 17.3 Å². The lowest BCUT2D eigenvalue weighted by Crippen LogP contribution is -2.19. The quantitative estimate of drug-likeness (QED) is 0.834. The van der Waals surface area contributed by atoms with Crippen molar-refractivity contribution in [2.45, 2.75) is 32.7 Å². The Labute approximate surface area is 98.5 Å². The fourth-order valence-electron chi connectivity index (χ4n) is 1.56. The van der Waals surface area contributed by atoms with E-state index < -0.39 is 17.6 Å². The number of halogens is 2. The van der Waals surface area contributed by atoms with Gasteiger partial charge in [-0.05, 0) is 18.9 Å². The monoisotopic (exact) mass is 243 g/mol. The number of carboxylic acid groups (broad SMARTS) is 1. The first-order chi connectivity index (χ1) is 7.99. The second-order valence-electron chi connectivity index (χ2n) is 3.77. The predicted octanol–water partition coefficient (Wildman–Crippen LogP) is 3.26. The molecule has 17 heavy (non-hydrogen) atoms. The van der Waals surface area contributed by atoms with Gasteiger partial charge in [-0.25, -0.2) is 13.6 Å². The molecule has 0 radical (unpaired) electrons. The highest BCUT2D eigenvalue weighted by Crippen LogP contribution is 2.22. The van der Waals surface area contributed by atoms with Crippen molar-refractivity contribution in [3.8, 4) is 0 Å². The van der Waals surface area contributed by atoms with Gasteiger partial charge in [0.05, 0.1) is 11.3 Å². The molecule has 3 nitrogen and oxygen atoms in total. The van der Waals surface area contributed by atoms with Gasteiger partial charge in [0.25, 0.3) is 0 Å². The number of aromatic carboxylic acids is 1. The summed E-state index contributed by atoms with van der Waals surface area (Å²) in [4.78, 5) is 10.9. The molecule has 0 saturated heterocycles. The molecule has 1 aromatic carbocycles. The molecule has 0 aromatic heterocycles. The summed E-state index contributed by atoms with van der Waals surface area (Å²) in [6, 6.07) is 1.62. The van der Waals surface area contributed by atoms with E-state index in [2.05, 4.69) is 5.32 Å². The number of nitrogens with one attached hydrogen (secondary N) is 1. The first kappa shape index (κ1) is 13.4. The lowest BCUT2D eigenvalue weighted by atomic mass is 10.1. The predicted molar refractivity (Wildman–Crippen MR) is 61.3 cm³/mol. The Kier molecular flexibility index (Phi) is 4.43. The summed E-state index contributed by atoms with van der Waals surface area (Å²) in [5, 5.41) is 11.8. The second-order valence-corrected chi connectivity index (χ2v) is 3.77. The summed E-state index contributed by atoms with van der Waals surface area (Å²) >= 11 is 0. The van der Waals surface area contributed by atoms with E-state index in [1.807, 2.05) is 13.8 Å².